The fraction of sp³-hybridized carbons (Fsp3) is 0.312. The van der Waals surface area contributed by atoms with Crippen LogP contribution in [0.3, 0.4) is 0 Å². The summed E-state index contributed by atoms with van der Waals surface area (Å²) in [5.74, 6) is -3.11. The lowest BCUT2D eigenvalue weighted by Gasteiger charge is -2.28. The third kappa shape index (κ3) is 6.09. The van der Waals surface area contributed by atoms with Crippen molar-refractivity contribution in [2.75, 3.05) is 13.2 Å². The average molecular weight is 557 g/mol. The maximum absolute atomic E-state index is 13.5. The van der Waals surface area contributed by atoms with Gasteiger partial charge < -0.3 is 24.8 Å². The monoisotopic (exact) mass is 556 g/mol. The Morgan fingerprint density at radius 2 is 1.51 bits per heavy atom. The number of carbonyl (C=O) groups is 4. The second-order valence-corrected chi connectivity index (χ2v) is 10.4. The van der Waals surface area contributed by atoms with E-state index in [4.69, 9.17) is 9.47 Å². The number of likely N-dealkylation sites (tertiary alicyclic amines) is 1. The first kappa shape index (κ1) is 27.9. The van der Waals surface area contributed by atoms with Crippen LogP contribution in [-0.2, 0) is 30.5 Å². The molecule has 41 heavy (non-hydrogen) atoms. The number of amides is 2. The molecular weight excluding hydrogens is 524 g/mol. The van der Waals surface area contributed by atoms with Gasteiger partial charge in [-0.3, -0.25) is 14.4 Å². The number of carboxylic acid groups (broad SMARTS) is 1. The number of nitrogens with one attached hydrogen (secondary N) is 1. The molecule has 5 rings (SSSR count). The fourth-order valence-electron chi connectivity index (χ4n) is 5.73. The second kappa shape index (κ2) is 12.2. The predicted octanol–water partition coefficient (Wildman–Crippen LogP) is 4.35. The van der Waals surface area contributed by atoms with Crippen LogP contribution in [0.25, 0.3) is 11.1 Å². The Morgan fingerprint density at radius 1 is 0.902 bits per heavy atom. The van der Waals surface area contributed by atoms with Crippen LogP contribution in [0, 0.1) is 5.92 Å². The number of benzene rings is 3. The van der Waals surface area contributed by atoms with Crippen molar-refractivity contribution in [3.8, 4) is 11.1 Å². The van der Waals surface area contributed by atoms with Crippen LogP contribution in [0.5, 0.6) is 0 Å². The van der Waals surface area contributed by atoms with Gasteiger partial charge in [0.2, 0.25) is 5.91 Å². The quantitative estimate of drug-likeness (QED) is 0.376. The summed E-state index contributed by atoms with van der Waals surface area (Å²) in [5.41, 5.74) is 5.05. The van der Waals surface area contributed by atoms with Crippen LogP contribution in [-0.4, -0.2) is 59.2 Å². The van der Waals surface area contributed by atoms with Crippen molar-refractivity contribution in [3.05, 3.63) is 95.6 Å². The molecule has 1 saturated heterocycles. The van der Waals surface area contributed by atoms with E-state index < -0.39 is 48.4 Å². The molecule has 3 atom stereocenters. The normalized spacial score (nSPS) is 18.2. The number of aliphatic carboxylic acids is 1. The van der Waals surface area contributed by atoms with Crippen molar-refractivity contribution >= 4 is 23.9 Å². The molecule has 2 amide bonds. The minimum absolute atomic E-state index is 0.0206. The zero-order valence-corrected chi connectivity index (χ0v) is 22.7. The zero-order chi connectivity index (χ0) is 28.9. The van der Waals surface area contributed by atoms with Gasteiger partial charge in [-0.2, -0.15) is 0 Å². The van der Waals surface area contributed by atoms with Gasteiger partial charge in [0, 0.05) is 18.5 Å². The number of rotatable bonds is 9. The Hall–Kier alpha value is -4.66. The van der Waals surface area contributed by atoms with E-state index in [9.17, 15) is 24.3 Å². The smallest absolute Gasteiger partial charge is 0.407 e. The molecule has 2 unspecified atom stereocenters. The predicted molar refractivity (Wildman–Crippen MR) is 150 cm³/mol. The molecule has 9 heteroatoms. The Labute approximate surface area is 238 Å². The van der Waals surface area contributed by atoms with Crippen LogP contribution >= 0.6 is 0 Å². The third-order valence-electron chi connectivity index (χ3n) is 7.90. The molecule has 0 radical (unpaired) electrons. The summed E-state index contributed by atoms with van der Waals surface area (Å²) in [5, 5.41) is 12.1. The maximum Gasteiger partial charge on any atom is 0.407 e. The summed E-state index contributed by atoms with van der Waals surface area (Å²) < 4.78 is 11.0. The number of alkyl carbamates (subject to hydrolysis) is 1. The molecule has 1 aliphatic heterocycles. The molecule has 2 aliphatic rings. The minimum Gasteiger partial charge on any atom is -0.481 e. The molecule has 1 fully saturated rings. The topological polar surface area (TPSA) is 122 Å². The molecule has 1 aliphatic carbocycles. The first-order valence-electron chi connectivity index (χ1n) is 13.7. The Bertz CT molecular complexity index is 1400. The summed E-state index contributed by atoms with van der Waals surface area (Å²) in [6.45, 7) is 1.92. The fourth-order valence-corrected chi connectivity index (χ4v) is 5.73. The number of fused-ring (bicyclic) bond motifs is 3. The van der Waals surface area contributed by atoms with Gasteiger partial charge in [0.05, 0.1) is 12.3 Å². The number of nitrogens with zero attached hydrogens (tertiary/aromatic N) is 1. The Morgan fingerprint density at radius 3 is 2.12 bits per heavy atom. The van der Waals surface area contributed by atoms with E-state index in [-0.39, 0.29) is 25.7 Å². The van der Waals surface area contributed by atoms with Crippen LogP contribution in [0.1, 0.15) is 42.4 Å². The van der Waals surface area contributed by atoms with E-state index in [0.29, 0.717) is 6.42 Å². The molecule has 2 N–H and O–H groups in total. The van der Waals surface area contributed by atoms with E-state index in [2.05, 4.69) is 5.32 Å². The summed E-state index contributed by atoms with van der Waals surface area (Å²) in [4.78, 5) is 52.3. The highest BCUT2D eigenvalue weighted by Gasteiger charge is 2.41. The molecule has 3 aromatic rings. The van der Waals surface area contributed by atoms with E-state index in [1.165, 1.54) is 4.90 Å². The molecule has 212 valence electrons. The molecule has 0 bridgehead atoms. The first-order chi connectivity index (χ1) is 19.8. The minimum atomic E-state index is -1.27. The van der Waals surface area contributed by atoms with E-state index in [1.54, 1.807) is 6.92 Å². The summed E-state index contributed by atoms with van der Waals surface area (Å²) in [7, 11) is 0. The van der Waals surface area contributed by atoms with E-state index in [0.717, 1.165) is 27.8 Å². The van der Waals surface area contributed by atoms with Crippen molar-refractivity contribution in [3.63, 3.8) is 0 Å². The highest BCUT2D eigenvalue weighted by atomic mass is 16.5. The first-order valence-corrected chi connectivity index (χ1v) is 13.7. The van der Waals surface area contributed by atoms with Gasteiger partial charge >= 0.3 is 18.0 Å². The number of hydrogen-bond donors (Lipinski definition) is 2. The van der Waals surface area contributed by atoms with Crippen molar-refractivity contribution < 1.29 is 33.8 Å². The highest BCUT2D eigenvalue weighted by molar-refractivity contribution is 5.90. The zero-order valence-electron chi connectivity index (χ0n) is 22.7. The number of esters is 1. The second-order valence-electron chi connectivity index (χ2n) is 10.4. The highest BCUT2D eigenvalue weighted by Crippen LogP contribution is 2.44. The van der Waals surface area contributed by atoms with Gasteiger partial charge in [0.25, 0.3) is 0 Å². The van der Waals surface area contributed by atoms with Gasteiger partial charge in [0.1, 0.15) is 19.3 Å². The lowest BCUT2D eigenvalue weighted by molar-refractivity contribution is -0.149. The van der Waals surface area contributed by atoms with Crippen molar-refractivity contribution in [1.29, 1.82) is 0 Å². The van der Waals surface area contributed by atoms with Gasteiger partial charge in [0.15, 0.2) is 0 Å². The number of carboxylic acids is 1. The van der Waals surface area contributed by atoms with Crippen LogP contribution in [0.2, 0.25) is 0 Å². The van der Waals surface area contributed by atoms with Gasteiger partial charge in [-0.05, 0) is 41.2 Å². The molecule has 0 saturated carbocycles. The van der Waals surface area contributed by atoms with Crippen molar-refractivity contribution in [2.24, 2.45) is 5.92 Å². The molecular formula is C32H32N2O7. The maximum atomic E-state index is 13.5. The Kier molecular flexibility index (Phi) is 8.33. The molecule has 3 aromatic carbocycles. The van der Waals surface area contributed by atoms with E-state index in [1.807, 2.05) is 78.9 Å². The average Bonchev–Trinajstić information content (AvgIpc) is 3.52. The summed E-state index contributed by atoms with van der Waals surface area (Å²) in [6, 6.07) is 23.1. The van der Waals surface area contributed by atoms with Gasteiger partial charge in [-0.15, -0.1) is 0 Å². The Balaban J connectivity index is 1.27. The summed E-state index contributed by atoms with van der Waals surface area (Å²) in [6.07, 6.45) is -0.974. The van der Waals surface area contributed by atoms with Crippen LogP contribution < -0.4 is 5.32 Å². The van der Waals surface area contributed by atoms with Gasteiger partial charge in [-0.25, -0.2) is 4.79 Å². The lowest BCUT2D eigenvalue weighted by Crippen LogP contribution is -2.51. The number of hydrogen-bond acceptors (Lipinski definition) is 6. The van der Waals surface area contributed by atoms with Crippen LogP contribution in [0.4, 0.5) is 4.79 Å². The lowest BCUT2D eigenvalue weighted by atomic mass is 9.98. The van der Waals surface area contributed by atoms with Crippen molar-refractivity contribution in [2.45, 2.75) is 44.4 Å². The standard InChI is InChI=1S/C32H32N2O7/c1-20-22(31(37)38)15-16-34(20)30(36)28(17-29(35)40-18-21-9-3-2-4-10-21)33-32(39)41-19-27-25-13-7-5-11-23(25)24-12-6-8-14-26(24)27/h2-14,20,22,27-28H,15-19H2,1H3,(H,33,39)(H,37,38)/t20?,22?,28-/m0/s1. The van der Waals surface area contributed by atoms with Crippen LogP contribution in [0.15, 0.2) is 78.9 Å². The molecule has 0 spiro atoms. The molecule has 1 heterocycles. The number of ether oxygens (including phenoxy) is 2. The largest absolute Gasteiger partial charge is 0.481 e. The van der Waals surface area contributed by atoms with Crippen molar-refractivity contribution in [1.82, 2.24) is 10.2 Å². The van der Waals surface area contributed by atoms with E-state index >= 15 is 0 Å². The number of carbonyl (C=O) groups excluding carboxylic acids is 3. The van der Waals surface area contributed by atoms with Gasteiger partial charge in [-0.1, -0.05) is 78.9 Å². The summed E-state index contributed by atoms with van der Waals surface area (Å²) >= 11 is 0. The molecule has 9 nitrogen and oxygen atoms in total. The SMILES string of the molecule is CC1C(C(=O)O)CCN1C(=O)[C@H](CC(=O)OCc1ccccc1)NC(=O)OCC1c2ccccc2-c2ccccc21. The third-order valence-corrected chi connectivity index (χ3v) is 7.90. The molecule has 0 aromatic heterocycles.